The fraction of sp³-hybridized carbons (Fsp3) is 0.438. The molecule has 0 spiro atoms. The highest BCUT2D eigenvalue weighted by molar-refractivity contribution is 5.88. The number of aliphatic hydroxyl groups excluding tert-OH is 1. The van der Waals surface area contributed by atoms with Crippen LogP contribution in [0.2, 0.25) is 0 Å². The zero-order valence-corrected chi connectivity index (χ0v) is 13.2. The van der Waals surface area contributed by atoms with Gasteiger partial charge in [0, 0.05) is 6.54 Å². The largest absolute Gasteiger partial charge is 0.491 e. The first-order valence-corrected chi connectivity index (χ1v) is 7.87. The molecule has 1 aliphatic rings. The third kappa shape index (κ3) is 3.90. The molecule has 0 radical (unpaired) electrons. The average molecular weight is 332 g/mol. The molecule has 2 heterocycles. The van der Waals surface area contributed by atoms with Crippen molar-refractivity contribution < 1.29 is 19.2 Å². The number of aliphatic hydroxyl groups is 1. The first-order valence-electron chi connectivity index (χ1n) is 7.87. The molecular formula is C16H20N4O4. The predicted octanol–water partition coefficient (Wildman–Crippen LogP) is 0.745. The Morgan fingerprint density at radius 2 is 2.25 bits per heavy atom. The predicted molar refractivity (Wildman–Crippen MR) is 84.3 cm³/mol. The molecule has 0 saturated carbocycles. The highest BCUT2D eigenvalue weighted by atomic mass is 16.5. The molecule has 1 aromatic carbocycles. The van der Waals surface area contributed by atoms with Crippen molar-refractivity contribution in [2.24, 2.45) is 5.73 Å². The van der Waals surface area contributed by atoms with Crippen molar-refractivity contribution in [1.82, 2.24) is 15.0 Å². The maximum Gasteiger partial charge on any atom is 0.290 e. The molecule has 24 heavy (non-hydrogen) atoms. The molecule has 3 N–H and O–H groups in total. The lowest BCUT2D eigenvalue weighted by atomic mass is 10.2. The zero-order valence-electron chi connectivity index (χ0n) is 13.2. The Morgan fingerprint density at radius 1 is 1.46 bits per heavy atom. The van der Waals surface area contributed by atoms with Crippen molar-refractivity contribution in [3.63, 3.8) is 0 Å². The number of carbonyl (C=O) groups is 1. The molecule has 0 aliphatic carbocycles. The van der Waals surface area contributed by atoms with Gasteiger partial charge in [0.1, 0.15) is 18.5 Å². The van der Waals surface area contributed by atoms with E-state index in [0.29, 0.717) is 12.4 Å². The molecule has 8 nitrogen and oxygen atoms in total. The Labute approximate surface area is 139 Å². The summed E-state index contributed by atoms with van der Waals surface area (Å²) in [5, 5.41) is 13.8. The number of nitrogens with two attached hydrogens (primary N) is 1. The SMILES string of the molecule is NC(=O)c1noc([C@H]2CCCN2C[C@@H](O)COc2ccccc2)n1. The number of benzene rings is 1. The highest BCUT2D eigenvalue weighted by Crippen LogP contribution is 2.30. The maximum atomic E-state index is 11.1. The van der Waals surface area contributed by atoms with Crippen LogP contribution in [0.5, 0.6) is 5.75 Å². The van der Waals surface area contributed by atoms with E-state index in [1.807, 2.05) is 30.3 Å². The summed E-state index contributed by atoms with van der Waals surface area (Å²) in [6.07, 6.45) is 1.13. The number of rotatable bonds is 7. The van der Waals surface area contributed by atoms with Gasteiger partial charge in [-0.2, -0.15) is 4.98 Å². The van der Waals surface area contributed by atoms with Crippen LogP contribution in [-0.4, -0.2) is 51.9 Å². The van der Waals surface area contributed by atoms with Crippen LogP contribution in [0.4, 0.5) is 0 Å². The van der Waals surface area contributed by atoms with Crippen LogP contribution in [0.1, 0.15) is 35.4 Å². The molecule has 8 heteroatoms. The molecule has 2 aromatic rings. The van der Waals surface area contributed by atoms with Crippen LogP contribution >= 0.6 is 0 Å². The lowest BCUT2D eigenvalue weighted by molar-refractivity contribution is 0.0589. The third-order valence-electron chi connectivity index (χ3n) is 3.94. The smallest absolute Gasteiger partial charge is 0.290 e. The summed E-state index contributed by atoms with van der Waals surface area (Å²) in [6.45, 7) is 1.43. The number of carbonyl (C=O) groups excluding carboxylic acids is 1. The average Bonchev–Trinajstić information content (AvgIpc) is 3.22. The zero-order chi connectivity index (χ0) is 16.9. The standard InChI is InChI=1S/C16H20N4O4/c17-14(22)15-18-16(24-19-15)13-7-4-8-20(13)9-11(21)10-23-12-5-2-1-3-6-12/h1-3,5-6,11,13,21H,4,7-10H2,(H2,17,22)/t11-,13-/m1/s1. The number of ether oxygens (including phenoxy) is 1. The second kappa shape index (κ2) is 7.41. The molecule has 1 aromatic heterocycles. The molecule has 1 aliphatic heterocycles. The van der Waals surface area contributed by atoms with E-state index in [2.05, 4.69) is 15.0 Å². The fourth-order valence-corrected chi connectivity index (χ4v) is 2.83. The molecule has 2 atom stereocenters. The Kier molecular flexibility index (Phi) is 5.07. The number of hydrogen-bond donors (Lipinski definition) is 2. The minimum absolute atomic E-state index is 0.114. The molecule has 0 unspecified atom stereocenters. The monoisotopic (exact) mass is 332 g/mol. The number of para-hydroxylation sites is 1. The van der Waals surface area contributed by atoms with Gasteiger partial charge in [-0.1, -0.05) is 23.4 Å². The van der Waals surface area contributed by atoms with E-state index >= 15 is 0 Å². The van der Waals surface area contributed by atoms with Crippen molar-refractivity contribution in [2.45, 2.75) is 25.0 Å². The van der Waals surface area contributed by atoms with E-state index in [1.54, 1.807) is 0 Å². The normalized spacial score (nSPS) is 19.3. The van der Waals surface area contributed by atoms with Gasteiger partial charge in [-0.25, -0.2) is 0 Å². The number of nitrogens with zero attached hydrogens (tertiary/aromatic N) is 3. The van der Waals surface area contributed by atoms with E-state index in [-0.39, 0.29) is 18.5 Å². The van der Waals surface area contributed by atoms with E-state index in [4.69, 9.17) is 15.0 Å². The highest BCUT2D eigenvalue weighted by Gasteiger charge is 2.32. The van der Waals surface area contributed by atoms with Crippen LogP contribution in [0.3, 0.4) is 0 Å². The summed E-state index contributed by atoms with van der Waals surface area (Å²) >= 11 is 0. The Hall–Kier alpha value is -2.45. The Morgan fingerprint density at radius 3 is 2.96 bits per heavy atom. The lowest BCUT2D eigenvalue weighted by Gasteiger charge is -2.24. The van der Waals surface area contributed by atoms with Gasteiger partial charge in [0.15, 0.2) is 0 Å². The van der Waals surface area contributed by atoms with Gasteiger partial charge in [0.25, 0.3) is 11.7 Å². The molecule has 128 valence electrons. The molecule has 1 saturated heterocycles. The Balaban J connectivity index is 1.56. The molecule has 1 amide bonds. The van der Waals surface area contributed by atoms with Crippen LogP contribution in [0.15, 0.2) is 34.9 Å². The van der Waals surface area contributed by atoms with Gasteiger partial charge in [-0.15, -0.1) is 0 Å². The number of likely N-dealkylation sites (tertiary alicyclic amines) is 1. The lowest BCUT2D eigenvalue weighted by Crippen LogP contribution is -2.35. The number of aromatic nitrogens is 2. The van der Waals surface area contributed by atoms with Gasteiger partial charge < -0.3 is 20.1 Å². The van der Waals surface area contributed by atoms with Gasteiger partial charge in [0.05, 0.1) is 6.04 Å². The Bertz CT molecular complexity index is 676. The molecule has 3 rings (SSSR count). The van der Waals surface area contributed by atoms with Crippen LogP contribution in [0.25, 0.3) is 0 Å². The van der Waals surface area contributed by atoms with E-state index < -0.39 is 12.0 Å². The van der Waals surface area contributed by atoms with Crippen molar-refractivity contribution in [2.75, 3.05) is 19.7 Å². The molecule has 1 fully saturated rings. The van der Waals surface area contributed by atoms with E-state index in [1.165, 1.54) is 0 Å². The summed E-state index contributed by atoms with van der Waals surface area (Å²) in [6, 6.07) is 9.23. The topological polar surface area (TPSA) is 115 Å². The minimum atomic E-state index is -0.717. The maximum absolute atomic E-state index is 11.1. The van der Waals surface area contributed by atoms with Gasteiger partial charge >= 0.3 is 0 Å². The van der Waals surface area contributed by atoms with Crippen molar-refractivity contribution >= 4 is 5.91 Å². The summed E-state index contributed by atoms with van der Waals surface area (Å²) in [5.41, 5.74) is 5.14. The molecule has 0 bridgehead atoms. The fourth-order valence-electron chi connectivity index (χ4n) is 2.83. The van der Waals surface area contributed by atoms with Crippen molar-refractivity contribution in [3.05, 3.63) is 42.0 Å². The van der Waals surface area contributed by atoms with Gasteiger partial charge in [0.2, 0.25) is 5.89 Å². The van der Waals surface area contributed by atoms with Gasteiger partial charge in [-0.05, 0) is 31.5 Å². The third-order valence-corrected chi connectivity index (χ3v) is 3.94. The first-order chi connectivity index (χ1) is 11.6. The van der Waals surface area contributed by atoms with Crippen molar-refractivity contribution in [1.29, 1.82) is 0 Å². The van der Waals surface area contributed by atoms with Crippen LogP contribution in [0, 0.1) is 0 Å². The first kappa shape index (κ1) is 16.4. The summed E-state index contributed by atoms with van der Waals surface area (Å²) in [7, 11) is 0. The second-order valence-electron chi connectivity index (χ2n) is 5.75. The number of primary amides is 1. The van der Waals surface area contributed by atoms with E-state index in [9.17, 15) is 9.90 Å². The van der Waals surface area contributed by atoms with E-state index in [0.717, 1.165) is 25.1 Å². The second-order valence-corrected chi connectivity index (χ2v) is 5.75. The number of β-amino-alcohol motifs (C(OH)–C–C–N with tert-alkyl or cyclic N) is 1. The quantitative estimate of drug-likeness (QED) is 0.768. The summed E-state index contributed by atoms with van der Waals surface area (Å²) in [4.78, 5) is 17.2. The summed E-state index contributed by atoms with van der Waals surface area (Å²) in [5.74, 6) is 0.241. The van der Waals surface area contributed by atoms with Crippen LogP contribution in [-0.2, 0) is 0 Å². The van der Waals surface area contributed by atoms with Gasteiger partial charge in [-0.3, -0.25) is 9.69 Å². The van der Waals surface area contributed by atoms with Crippen molar-refractivity contribution in [3.8, 4) is 5.75 Å². The number of hydrogen-bond acceptors (Lipinski definition) is 7. The summed E-state index contributed by atoms with van der Waals surface area (Å²) < 4.78 is 10.7. The minimum Gasteiger partial charge on any atom is -0.491 e. The van der Waals surface area contributed by atoms with Crippen LogP contribution < -0.4 is 10.5 Å². The number of amides is 1. The molecular weight excluding hydrogens is 312 g/mol.